The van der Waals surface area contributed by atoms with Crippen molar-refractivity contribution in [3.63, 3.8) is 0 Å². The fourth-order valence-corrected chi connectivity index (χ4v) is 1.18. The highest BCUT2D eigenvalue weighted by atomic mass is 16.5. The van der Waals surface area contributed by atoms with Crippen molar-refractivity contribution in [1.82, 2.24) is 5.32 Å². The van der Waals surface area contributed by atoms with Crippen LogP contribution in [0, 0.1) is 12.3 Å². The Bertz CT molecular complexity index is 366. The molecule has 1 aromatic heterocycles. The van der Waals surface area contributed by atoms with Gasteiger partial charge in [-0.1, -0.05) is 5.92 Å². The second-order valence-corrected chi connectivity index (χ2v) is 3.34. The molecule has 0 aromatic carbocycles. The maximum absolute atomic E-state index is 11.3. The second-order valence-electron chi connectivity index (χ2n) is 3.34. The van der Waals surface area contributed by atoms with Gasteiger partial charge < -0.3 is 19.6 Å². The number of amides is 1. The molecule has 1 heterocycles. The van der Waals surface area contributed by atoms with E-state index in [4.69, 9.17) is 15.6 Å². The Balaban J connectivity index is 2.13. The summed E-state index contributed by atoms with van der Waals surface area (Å²) >= 11 is 0. The van der Waals surface area contributed by atoms with Crippen LogP contribution in [0.2, 0.25) is 0 Å². The number of carbonyl (C=O) groups is 1. The van der Waals surface area contributed by atoms with Crippen LogP contribution in [0.3, 0.4) is 0 Å². The molecule has 1 amide bonds. The Morgan fingerprint density at radius 1 is 1.71 bits per heavy atom. The highest BCUT2D eigenvalue weighted by Crippen LogP contribution is 2.11. The van der Waals surface area contributed by atoms with Crippen molar-refractivity contribution >= 4 is 5.91 Å². The monoisotopic (exact) mass is 237 g/mol. The van der Waals surface area contributed by atoms with Crippen molar-refractivity contribution in [3.05, 3.63) is 24.2 Å². The normalized spacial score (nSPS) is 11.8. The molecule has 0 saturated heterocycles. The van der Waals surface area contributed by atoms with Crippen LogP contribution in [0.4, 0.5) is 0 Å². The largest absolute Gasteiger partial charge is 0.467 e. The maximum Gasteiger partial charge on any atom is 0.222 e. The lowest BCUT2D eigenvalue weighted by Gasteiger charge is -2.09. The lowest BCUT2D eigenvalue weighted by molar-refractivity contribution is -0.122. The molecule has 1 unspecified atom stereocenters. The lowest BCUT2D eigenvalue weighted by Crippen LogP contribution is -2.29. The minimum Gasteiger partial charge on any atom is -0.467 e. The van der Waals surface area contributed by atoms with Gasteiger partial charge in [0.2, 0.25) is 5.91 Å². The molecule has 0 saturated carbocycles. The maximum atomic E-state index is 11.3. The Morgan fingerprint density at radius 2 is 2.53 bits per heavy atom. The van der Waals surface area contributed by atoms with Gasteiger partial charge >= 0.3 is 0 Å². The number of ether oxygens (including phenoxy) is 1. The van der Waals surface area contributed by atoms with Gasteiger partial charge in [-0.05, 0) is 12.1 Å². The van der Waals surface area contributed by atoms with E-state index in [1.807, 2.05) is 0 Å². The molecule has 1 rings (SSSR count). The molecule has 1 atom stereocenters. The van der Waals surface area contributed by atoms with Crippen LogP contribution in [0.25, 0.3) is 0 Å². The van der Waals surface area contributed by atoms with E-state index in [1.54, 1.807) is 12.1 Å². The van der Waals surface area contributed by atoms with Crippen LogP contribution in [0.5, 0.6) is 0 Å². The lowest BCUT2D eigenvalue weighted by atomic mass is 10.2. The molecule has 2 N–H and O–H groups in total. The molecular formula is C12H15NO4. The molecule has 0 bridgehead atoms. The standard InChI is InChI=1S/C12H15NO4/c1-2-6-16-8-5-12(15)13-9-10(14)11-4-3-7-17-11/h1,3-4,7,10,14H,5-6,8-9H2,(H,13,15). The number of furan rings is 1. The summed E-state index contributed by atoms with van der Waals surface area (Å²) in [5.74, 6) is 2.53. The average molecular weight is 237 g/mol. The minimum absolute atomic E-state index is 0.113. The molecule has 0 spiro atoms. The molecular weight excluding hydrogens is 222 g/mol. The molecule has 0 aliphatic heterocycles. The van der Waals surface area contributed by atoms with E-state index >= 15 is 0 Å². The number of aliphatic hydroxyl groups is 1. The van der Waals surface area contributed by atoms with Crippen LogP contribution in [-0.2, 0) is 9.53 Å². The number of aliphatic hydroxyl groups excluding tert-OH is 1. The highest BCUT2D eigenvalue weighted by Gasteiger charge is 2.11. The predicted molar refractivity (Wildman–Crippen MR) is 60.9 cm³/mol. The van der Waals surface area contributed by atoms with Crippen LogP contribution >= 0.6 is 0 Å². The molecule has 0 aliphatic rings. The van der Waals surface area contributed by atoms with E-state index in [0.717, 1.165) is 0 Å². The predicted octanol–water partition coefficient (Wildman–Crippen LogP) is 0.469. The van der Waals surface area contributed by atoms with Crippen LogP contribution in [-0.4, -0.2) is 30.8 Å². The number of hydrogen-bond acceptors (Lipinski definition) is 4. The average Bonchev–Trinajstić information content (AvgIpc) is 2.85. The molecule has 0 radical (unpaired) electrons. The van der Waals surface area contributed by atoms with Gasteiger partial charge in [-0.2, -0.15) is 0 Å². The van der Waals surface area contributed by atoms with Gasteiger partial charge in [0.1, 0.15) is 18.5 Å². The van der Waals surface area contributed by atoms with Crippen molar-refractivity contribution in [2.75, 3.05) is 19.8 Å². The summed E-state index contributed by atoms with van der Waals surface area (Å²) in [6, 6.07) is 3.32. The minimum atomic E-state index is -0.833. The van der Waals surface area contributed by atoms with Crippen molar-refractivity contribution in [1.29, 1.82) is 0 Å². The first-order valence-corrected chi connectivity index (χ1v) is 5.23. The van der Waals surface area contributed by atoms with Crippen molar-refractivity contribution in [3.8, 4) is 12.3 Å². The number of terminal acetylenes is 1. The van der Waals surface area contributed by atoms with Crippen LogP contribution < -0.4 is 5.32 Å². The quantitative estimate of drug-likeness (QED) is 0.534. The number of nitrogens with one attached hydrogen (secondary N) is 1. The molecule has 92 valence electrons. The zero-order valence-corrected chi connectivity index (χ0v) is 9.39. The number of rotatable bonds is 7. The first kappa shape index (κ1) is 13.3. The van der Waals surface area contributed by atoms with Gasteiger partial charge in [-0.15, -0.1) is 6.42 Å². The van der Waals surface area contributed by atoms with Gasteiger partial charge in [0.15, 0.2) is 0 Å². The van der Waals surface area contributed by atoms with E-state index in [0.29, 0.717) is 5.76 Å². The summed E-state index contributed by atoms with van der Waals surface area (Å²) in [7, 11) is 0. The van der Waals surface area contributed by atoms with Crippen LogP contribution in [0.15, 0.2) is 22.8 Å². The molecule has 5 heteroatoms. The van der Waals surface area contributed by atoms with E-state index in [-0.39, 0.29) is 32.1 Å². The summed E-state index contributed by atoms with van der Waals surface area (Å²) in [6.45, 7) is 0.580. The van der Waals surface area contributed by atoms with E-state index in [9.17, 15) is 9.90 Å². The van der Waals surface area contributed by atoms with E-state index in [1.165, 1.54) is 6.26 Å². The van der Waals surface area contributed by atoms with E-state index in [2.05, 4.69) is 11.2 Å². The second kappa shape index (κ2) is 7.49. The van der Waals surface area contributed by atoms with Gasteiger partial charge in [0.25, 0.3) is 0 Å². The zero-order chi connectivity index (χ0) is 12.5. The Kier molecular flexibility index (Phi) is 5.86. The summed E-state index contributed by atoms with van der Waals surface area (Å²) < 4.78 is 9.95. The molecule has 0 fully saturated rings. The van der Waals surface area contributed by atoms with Crippen LogP contribution in [0.1, 0.15) is 18.3 Å². The first-order chi connectivity index (χ1) is 8.24. The SMILES string of the molecule is C#CCOCCC(=O)NCC(O)c1ccco1. The summed E-state index contributed by atoms with van der Waals surface area (Å²) in [5, 5.41) is 12.2. The number of carbonyl (C=O) groups excluding carboxylic acids is 1. The van der Waals surface area contributed by atoms with Crippen molar-refractivity contribution in [2.45, 2.75) is 12.5 Å². The van der Waals surface area contributed by atoms with Crippen molar-refractivity contribution in [2.24, 2.45) is 0 Å². The molecule has 5 nitrogen and oxygen atoms in total. The summed E-state index contributed by atoms with van der Waals surface area (Å²) in [5.41, 5.74) is 0. The molecule has 1 aromatic rings. The fourth-order valence-electron chi connectivity index (χ4n) is 1.18. The third kappa shape index (κ3) is 5.20. The Morgan fingerprint density at radius 3 is 3.18 bits per heavy atom. The van der Waals surface area contributed by atoms with Gasteiger partial charge in [0.05, 0.1) is 25.8 Å². The Labute approximate surface area is 99.8 Å². The fraction of sp³-hybridized carbons (Fsp3) is 0.417. The molecule has 0 aliphatic carbocycles. The van der Waals surface area contributed by atoms with E-state index < -0.39 is 6.10 Å². The van der Waals surface area contributed by atoms with Gasteiger partial charge in [-0.25, -0.2) is 0 Å². The first-order valence-electron chi connectivity index (χ1n) is 5.23. The van der Waals surface area contributed by atoms with Crippen molar-refractivity contribution < 1.29 is 19.1 Å². The topological polar surface area (TPSA) is 71.7 Å². The third-order valence-electron chi connectivity index (χ3n) is 2.02. The summed E-state index contributed by atoms with van der Waals surface area (Å²) in [6.07, 6.45) is 5.83. The third-order valence-corrected chi connectivity index (χ3v) is 2.02. The Hall–Kier alpha value is -1.77. The van der Waals surface area contributed by atoms with Gasteiger partial charge in [0, 0.05) is 0 Å². The smallest absolute Gasteiger partial charge is 0.222 e. The molecule has 17 heavy (non-hydrogen) atoms. The van der Waals surface area contributed by atoms with Gasteiger partial charge in [-0.3, -0.25) is 4.79 Å². The zero-order valence-electron chi connectivity index (χ0n) is 9.39. The number of hydrogen-bond donors (Lipinski definition) is 2. The summed E-state index contributed by atoms with van der Waals surface area (Å²) in [4.78, 5) is 11.3. The highest BCUT2D eigenvalue weighted by molar-refractivity contribution is 5.75.